The summed E-state index contributed by atoms with van der Waals surface area (Å²) in [4.78, 5) is 22.5. The van der Waals surface area contributed by atoms with Gasteiger partial charge < -0.3 is 15.2 Å². The number of rotatable bonds is 4. The van der Waals surface area contributed by atoms with Gasteiger partial charge in [0.2, 0.25) is 0 Å². The molecule has 0 saturated carbocycles. The van der Waals surface area contributed by atoms with E-state index in [1.807, 2.05) is 41.8 Å². The van der Waals surface area contributed by atoms with Crippen LogP contribution in [-0.4, -0.2) is 36.1 Å². The lowest BCUT2D eigenvalue weighted by atomic mass is 9.81. The number of nitrogens with one attached hydrogen (secondary N) is 1. The SMILES string of the molecule is COC1(c2ccccc2)NCCOC1(C(N)=O)c1ncc2ccsc2n1. The van der Waals surface area contributed by atoms with Gasteiger partial charge in [-0.3, -0.25) is 10.1 Å². The van der Waals surface area contributed by atoms with Crippen LogP contribution in [0.25, 0.3) is 10.2 Å². The highest BCUT2D eigenvalue weighted by atomic mass is 32.1. The van der Waals surface area contributed by atoms with Gasteiger partial charge in [-0.05, 0) is 11.4 Å². The molecule has 1 aromatic carbocycles. The van der Waals surface area contributed by atoms with Crippen molar-refractivity contribution in [3.8, 4) is 0 Å². The Morgan fingerprint density at radius 1 is 1.35 bits per heavy atom. The molecule has 7 nitrogen and oxygen atoms in total. The normalized spacial score (nSPS) is 26.0. The van der Waals surface area contributed by atoms with E-state index in [1.165, 1.54) is 18.4 Å². The Morgan fingerprint density at radius 3 is 2.88 bits per heavy atom. The first-order chi connectivity index (χ1) is 12.6. The lowest BCUT2D eigenvalue weighted by molar-refractivity contribution is -0.245. The summed E-state index contributed by atoms with van der Waals surface area (Å²) < 4.78 is 11.9. The molecule has 134 valence electrons. The third-order valence-corrected chi connectivity index (χ3v) is 5.47. The number of hydrogen-bond donors (Lipinski definition) is 2. The summed E-state index contributed by atoms with van der Waals surface area (Å²) in [6.07, 6.45) is 1.67. The molecule has 1 saturated heterocycles. The molecule has 1 aliphatic heterocycles. The zero-order valence-electron chi connectivity index (χ0n) is 14.1. The van der Waals surface area contributed by atoms with E-state index < -0.39 is 17.2 Å². The quantitative estimate of drug-likeness (QED) is 0.722. The second-order valence-corrected chi connectivity index (χ2v) is 6.84. The molecule has 2 aromatic heterocycles. The van der Waals surface area contributed by atoms with E-state index in [2.05, 4.69) is 15.3 Å². The topological polar surface area (TPSA) is 99.4 Å². The number of nitrogens with two attached hydrogens (primary N) is 1. The van der Waals surface area contributed by atoms with Crippen molar-refractivity contribution in [1.82, 2.24) is 15.3 Å². The van der Waals surface area contributed by atoms with Crippen LogP contribution in [0.2, 0.25) is 0 Å². The summed E-state index contributed by atoms with van der Waals surface area (Å²) in [6, 6.07) is 11.2. The smallest absolute Gasteiger partial charge is 0.262 e. The molecule has 0 bridgehead atoms. The zero-order valence-corrected chi connectivity index (χ0v) is 15.0. The monoisotopic (exact) mass is 370 g/mol. The number of methoxy groups -OCH3 is 1. The molecule has 4 rings (SSSR count). The molecule has 2 unspecified atom stereocenters. The van der Waals surface area contributed by atoms with Gasteiger partial charge >= 0.3 is 0 Å². The molecular weight excluding hydrogens is 352 g/mol. The minimum Gasteiger partial charge on any atom is -0.367 e. The summed E-state index contributed by atoms with van der Waals surface area (Å²) in [6.45, 7) is 0.756. The Hall–Kier alpha value is -2.39. The third kappa shape index (κ3) is 2.27. The molecule has 2 atom stereocenters. The van der Waals surface area contributed by atoms with Gasteiger partial charge in [-0.1, -0.05) is 30.3 Å². The summed E-state index contributed by atoms with van der Waals surface area (Å²) in [5.74, 6) is -0.538. The predicted octanol–water partition coefficient (Wildman–Crippen LogP) is 1.49. The Kier molecular flexibility index (Phi) is 4.20. The van der Waals surface area contributed by atoms with Crippen LogP contribution in [0.5, 0.6) is 0 Å². The molecule has 1 amide bonds. The number of aromatic nitrogens is 2. The Morgan fingerprint density at radius 2 is 2.15 bits per heavy atom. The molecule has 3 heterocycles. The second kappa shape index (κ2) is 6.40. The maximum absolute atomic E-state index is 12.8. The number of morpholine rings is 1. The van der Waals surface area contributed by atoms with E-state index >= 15 is 0 Å². The fourth-order valence-corrected chi connectivity index (χ4v) is 4.21. The van der Waals surface area contributed by atoms with E-state index in [-0.39, 0.29) is 12.4 Å². The molecule has 1 fully saturated rings. The summed E-state index contributed by atoms with van der Waals surface area (Å²) in [7, 11) is 1.51. The first-order valence-corrected chi connectivity index (χ1v) is 9.02. The molecule has 0 spiro atoms. The maximum Gasteiger partial charge on any atom is 0.262 e. The van der Waals surface area contributed by atoms with Gasteiger partial charge in [0.25, 0.3) is 11.5 Å². The van der Waals surface area contributed by atoms with E-state index in [4.69, 9.17) is 15.2 Å². The fourth-order valence-electron chi connectivity index (χ4n) is 3.47. The molecule has 26 heavy (non-hydrogen) atoms. The van der Waals surface area contributed by atoms with Crippen LogP contribution in [0.1, 0.15) is 11.4 Å². The van der Waals surface area contributed by atoms with Crippen molar-refractivity contribution in [3.05, 3.63) is 59.4 Å². The van der Waals surface area contributed by atoms with Crippen molar-refractivity contribution in [2.45, 2.75) is 11.3 Å². The molecule has 3 N–H and O–H groups in total. The highest BCUT2D eigenvalue weighted by Crippen LogP contribution is 2.45. The number of hydrogen-bond acceptors (Lipinski definition) is 7. The molecule has 1 aliphatic rings. The minimum atomic E-state index is -1.71. The first-order valence-electron chi connectivity index (χ1n) is 8.14. The van der Waals surface area contributed by atoms with Gasteiger partial charge in [0, 0.05) is 30.8 Å². The Labute approximate surface area is 154 Å². The molecule has 0 aliphatic carbocycles. The summed E-state index contributed by atoms with van der Waals surface area (Å²) >= 11 is 1.46. The third-order valence-electron chi connectivity index (χ3n) is 4.65. The van der Waals surface area contributed by atoms with Crippen molar-refractivity contribution < 1.29 is 14.3 Å². The highest BCUT2D eigenvalue weighted by molar-refractivity contribution is 7.16. The van der Waals surface area contributed by atoms with Crippen molar-refractivity contribution in [2.24, 2.45) is 5.73 Å². The predicted molar refractivity (Wildman–Crippen MR) is 97.4 cm³/mol. The van der Waals surface area contributed by atoms with Crippen molar-refractivity contribution in [1.29, 1.82) is 0 Å². The van der Waals surface area contributed by atoms with Crippen LogP contribution in [0.4, 0.5) is 0 Å². The highest BCUT2D eigenvalue weighted by Gasteiger charge is 2.64. The van der Waals surface area contributed by atoms with Crippen LogP contribution < -0.4 is 11.1 Å². The first kappa shape index (κ1) is 17.0. The van der Waals surface area contributed by atoms with Crippen molar-refractivity contribution in [2.75, 3.05) is 20.3 Å². The lowest BCUT2D eigenvalue weighted by Crippen LogP contribution is -2.70. The molecule has 0 radical (unpaired) electrons. The summed E-state index contributed by atoms with van der Waals surface area (Å²) in [5.41, 5.74) is 3.53. The molecule has 8 heteroatoms. The number of ether oxygens (including phenoxy) is 2. The van der Waals surface area contributed by atoms with Crippen molar-refractivity contribution in [3.63, 3.8) is 0 Å². The number of amides is 1. The van der Waals surface area contributed by atoms with Gasteiger partial charge in [0.15, 0.2) is 11.5 Å². The summed E-state index contributed by atoms with van der Waals surface area (Å²) in [5, 5.41) is 6.10. The Balaban J connectivity index is 2.00. The van der Waals surface area contributed by atoms with Crippen LogP contribution in [0.15, 0.2) is 48.0 Å². The second-order valence-electron chi connectivity index (χ2n) is 5.95. The fraction of sp³-hybridized carbons (Fsp3) is 0.278. The molecular formula is C18H18N4O3S. The number of benzene rings is 1. The van der Waals surface area contributed by atoms with Crippen LogP contribution >= 0.6 is 11.3 Å². The number of nitrogens with zero attached hydrogens (tertiary/aromatic N) is 2. The van der Waals surface area contributed by atoms with Gasteiger partial charge in [0.1, 0.15) is 4.83 Å². The number of carbonyl (C=O) groups excluding carboxylic acids is 1. The van der Waals surface area contributed by atoms with Gasteiger partial charge in [-0.15, -0.1) is 11.3 Å². The number of carbonyl (C=O) groups is 1. The zero-order chi connectivity index (χ0) is 18.2. The average Bonchev–Trinajstić information content (AvgIpc) is 3.16. The van der Waals surface area contributed by atoms with Crippen LogP contribution in [0.3, 0.4) is 0 Å². The van der Waals surface area contributed by atoms with Gasteiger partial charge in [-0.25, -0.2) is 9.97 Å². The molecule has 3 aromatic rings. The number of thiophene rings is 1. The van der Waals surface area contributed by atoms with E-state index in [0.717, 1.165) is 10.2 Å². The van der Waals surface area contributed by atoms with E-state index in [1.54, 1.807) is 6.20 Å². The number of fused-ring (bicyclic) bond motifs is 1. The average molecular weight is 370 g/mol. The van der Waals surface area contributed by atoms with Crippen LogP contribution in [-0.2, 0) is 25.6 Å². The standard InChI is InChI=1S/C18H18N4O3S/c1-24-18(13-5-3-2-4-6-13)17(15(19)23,25-9-8-21-18)16-20-11-12-7-10-26-14(12)22-16/h2-7,10-11,21H,8-9H2,1H3,(H2,19,23). The van der Waals surface area contributed by atoms with Crippen LogP contribution in [0, 0.1) is 0 Å². The minimum absolute atomic E-state index is 0.179. The van der Waals surface area contributed by atoms with E-state index in [9.17, 15) is 4.79 Å². The van der Waals surface area contributed by atoms with Gasteiger partial charge in [-0.2, -0.15) is 0 Å². The van der Waals surface area contributed by atoms with Gasteiger partial charge in [0.05, 0.1) is 6.61 Å². The Bertz CT molecular complexity index is 948. The maximum atomic E-state index is 12.8. The largest absolute Gasteiger partial charge is 0.367 e. The lowest BCUT2D eigenvalue weighted by Gasteiger charge is -2.49. The van der Waals surface area contributed by atoms with E-state index in [0.29, 0.717) is 12.1 Å². The number of primary amides is 1. The van der Waals surface area contributed by atoms with Crippen molar-refractivity contribution >= 4 is 27.5 Å².